The van der Waals surface area contributed by atoms with Crippen molar-refractivity contribution >= 4 is 29.0 Å². The summed E-state index contributed by atoms with van der Waals surface area (Å²) in [6, 6.07) is 11.9. The molecule has 30 heavy (non-hydrogen) atoms. The first kappa shape index (κ1) is 19.1. The van der Waals surface area contributed by atoms with Gasteiger partial charge in [-0.15, -0.1) is 0 Å². The van der Waals surface area contributed by atoms with Crippen LogP contribution in [0.25, 0.3) is 5.69 Å². The van der Waals surface area contributed by atoms with Crippen LogP contribution in [0.2, 0.25) is 5.02 Å². The summed E-state index contributed by atoms with van der Waals surface area (Å²) >= 11 is 5.96. The van der Waals surface area contributed by atoms with Crippen molar-refractivity contribution < 1.29 is 4.79 Å². The van der Waals surface area contributed by atoms with Crippen LogP contribution >= 0.6 is 11.6 Å². The van der Waals surface area contributed by atoms with Gasteiger partial charge in [0.2, 0.25) is 0 Å². The molecule has 1 aromatic carbocycles. The first-order valence-corrected chi connectivity index (χ1v) is 10.4. The molecular formula is C22H23ClN6O. The molecule has 2 aliphatic rings. The SMILES string of the molecule is CN(C)[C@H]1CCN(c2ccc(N3Cc4cn(-c5ccc(Cl)cc5)nc4C3=O)cn2)C1. The highest BCUT2D eigenvalue weighted by Crippen LogP contribution is 2.29. The number of rotatable bonds is 4. The molecule has 1 amide bonds. The van der Waals surface area contributed by atoms with E-state index in [1.807, 2.05) is 42.6 Å². The van der Waals surface area contributed by atoms with Gasteiger partial charge in [-0.1, -0.05) is 11.6 Å². The fourth-order valence-corrected chi connectivity index (χ4v) is 4.23. The van der Waals surface area contributed by atoms with Crippen molar-refractivity contribution in [3.05, 3.63) is 65.1 Å². The Morgan fingerprint density at radius 1 is 1.10 bits per heavy atom. The van der Waals surface area contributed by atoms with Crippen LogP contribution in [-0.4, -0.2) is 58.8 Å². The third-order valence-electron chi connectivity index (χ3n) is 5.92. The Morgan fingerprint density at radius 3 is 2.50 bits per heavy atom. The quantitative estimate of drug-likeness (QED) is 0.646. The third-order valence-corrected chi connectivity index (χ3v) is 6.17. The van der Waals surface area contributed by atoms with Gasteiger partial charge in [-0.05, 0) is 56.9 Å². The van der Waals surface area contributed by atoms with E-state index in [-0.39, 0.29) is 5.91 Å². The second kappa shape index (κ2) is 7.41. The van der Waals surface area contributed by atoms with E-state index < -0.39 is 0 Å². The molecule has 5 rings (SSSR count). The van der Waals surface area contributed by atoms with Gasteiger partial charge in [0.25, 0.3) is 5.91 Å². The second-order valence-corrected chi connectivity index (χ2v) is 8.48. The fraction of sp³-hybridized carbons (Fsp3) is 0.318. The van der Waals surface area contributed by atoms with E-state index in [0.29, 0.717) is 23.3 Å². The maximum absolute atomic E-state index is 12.9. The number of pyridine rings is 1. The third kappa shape index (κ3) is 3.34. The van der Waals surface area contributed by atoms with E-state index in [2.05, 4.69) is 34.0 Å². The lowest BCUT2D eigenvalue weighted by Gasteiger charge is -2.22. The number of hydrogen-bond donors (Lipinski definition) is 0. The maximum atomic E-state index is 12.9. The van der Waals surface area contributed by atoms with Crippen LogP contribution in [0.5, 0.6) is 0 Å². The summed E-state index contributed by atoms with van der Waals surface area (Å²) in [6.07, 6.45) is 4.83. The average molecular weight is 423 g/mol. The van der Waals surface area contributed by atoms with Crippen molar-refractivity contribution in [3.8, 4) is 5.69 Å². The average Bonchev–Trinajstić information content (AvgIpc) is 3.45. The van der Waals surface area contributed by atoms with E-state index in [1.165, 1.54) is 0 Å². The molecule has 0 bridgehead atoms. The number of carbonyl (C=O) groups excluding carboxylic acids is 1. The van der Waals surface area contributed by atoms with Gasteiger partial charge in [-0.2, -0.15) is 5.10 Å². The number of fused-ring (bicyclic) bond motifs is 1. The van der Waals surface area contributed by atoms with E-state index in [0.717, 1.165) is 42.3 Å². The molecule has 0 aliphatic carbocycles. The number of amides is 1. The van der Waals surface area contributed by atoms with Crippen LogP contribution in [0.1, 0.15) is 22.5 Å². The van der Waals surface area contributed by atoms with Gasteiger partial charge >= 0.3 is 0 Å². The fourth-order valence-electron chi connectivity index (χ4n) is 4.11. The van der Waals surface area contributed by atoms with Gasteiger partial charge in [-0.3, -0.25) is 4.79 Å². The maximum Gasteiger partial charge on any atom is 0.279 e. The Labute approximate surface area is 180 Å². The lowest BCUT2D eigenvalue weighted by molar-refractivity contribution is 0.0991. The van der Waals surface area contributed by atoms with Crippen LogP contribution < -0.4 is 9.80 Å². The first-order valence-electron chi connectivity index (χ1n) is 10.0. The second-order valence-electron chi connectivity index (χ2n) is 8.04. The standard InChI is InChI=1S/C22H23ClN6O/c1-26(2)19-9-10-27(14-19)20-8-7-18(11-24-20)28-12-15-13-29(25-21(15)22(28)30)17-5-3-16(23)4-6-17/h3-8,11,13,19H,9-10,12,14H2,1-2H3/t19-/m0/s1. The molecule has 1 saturated heterocycles. The van der Waals surface area contributed by atoms with Gasteiger partial charge < -0.3 is 14.7 Å². The van der Waals surface area contributed by atoms with E-state index in [4.69, 9.17) is 11.6 Å². The van der Waals surface area contributed by atoms with Crippen LogP contribution in [0.4, 0.5) is 11.5 Å². The monoisotopic (exact) mass is 422 g/mol. The highest BCUT2D eigenvalue weighted by atomic mass is 35.5. The van der Waals surface area contributed by atoms with E-state index >= 15 is 0 Å². The number of hydrogen-bond acceptors (Lipinski definition) is 5. The summed E-state index contributed by atoms with van der Waals surface area (Å²) in [5.74, 6) is 0.863. The van der Waals surface area contributed by atoms with Crippen molar-refractivity contribution in [3.63, 3.8) is 0 Å². The zero-order valence-electron chi connectivity index (χ0n) is 17.0. The molecule has 2 aliphatic heterocycles. The summed E-state index contributed by atoms with van der Waals surface area (Å²) in [6.45, 7) is 2.48. The van der Waals surface area contributed by atoms with Crippen LogP contribution in [-0.2, 0) is 6.54 Å². The normalized spacial score (nSPS) is 18.5. The lowest BCUT2D eigenvalue weighted by atomic mass is 10.2. The molecule has 0 spiro atoms. The predicted octanol–water partition coefficient (Wildman–Crippen LogP) is 3.22. The summed E-state index contributed by atoms with van der Waals surface area (Å²) in [7, 11) is 4.23. The Morgan fingerprint density at radius 2 is 1.87 bits per heavy atom. The number of anilines is 2. The largest absolute Gasteiger partial charge is 0.355 e. The van der Waals surface area contributed by atoms with Gasteiger partial charge in [-0.25, -0.2) is 9.67 Å². The lowest BCUT2D eigenvalue weighted by Crippen LogP contribution is -2.31. The van der Waals surface area contributed by atoms with Crippen molar-refractivity contribution in [1.29, 1.82) is 0 Å². The molecule has 0 radical (unpaired) electrons. The Kier molecular flexibility index (Phi) is 4.72. The van der Waals surface area contributed by atoms with Gasteiger partial charge in [0.15, 0.2) is 5.69 Å². The van der Waals surface area contributed by atoms with Crippen molar-refractivity contribution in [1.82, 2.24) is 19.7 Å². The Balaban J connectivity index is 1.31. The number of benzene rings is 1. The molecule has 1 atom stereocenters. The van der Waals surface area contributed by atoms with E-state index in [1.54, 1.807) is 15.8 Å². The molecule has 3 aromatic rings. The molecule has 4 heterocycles. The number of likely N-dealkylation sites (N-methyl/N-ethyl adjacent to an activating group) is 1. The van der Waals surface area contributed by atoms with Gasteiger partial charge in [0.1, 0.15) is 5.82 Å². The molecule has 2 aromatic heterocycles. The number of carbonyl (C=O) groups is 1. The summed E-state index contributed by atoms with van der Waals surface area (Å²) in [5.41, 5.74) is 3.07. The smallest absolute Gasteiger partial charge is 0.279 e. The molecule has 7 nitrogen and oxygen atoms in total. The molecule has 154 valence electrons. The number of aromatic nitrogens is 3. The highest BCUT2D eigenvalue weighted by molar-refractivity contribution is 6.30. The van der Waals surface area contributed by atoms with Crippen molar-refractivity contribution in [2.45, 2.75) is 19.0 Å². The topological polar surface area (TPSA) is 57.5 Å². The van der Waals surface area contributed by atoms with E-state index in [9.17, 15) is 4.79 Å². The molecule has 8 heteroatoms. The minimum atomic E-state index is -0.0962. The Bertz CT molecular complexity index is 1080. The zero-order valence-corrected chi connectivity index (χ0v) is 17.8. The minimum Gasteiger partial charge on any atom is -0.355 e. The van der Waals surface area contributed by atoms with Crippen LogP contribution in [0.15, 0.2) is 48.8 Å². The van der Waals surface area contributed by atoms with Crippen molar-refractivity contribution in [2.75, 3.05) is 37.0 Å². The molecular weight excluding hydrogens is 400 g/mol. The number of halogens is 1. The predicted molar refractivity (Wildman–Crippen MR) is 118 cm³/mol. The summed E-state index contributed by atoms with van der Waals surface area (Å²) in [4.78, 5) is 23.9. The van der Waals surface area contributed by atoms with Crippen LogP contribution in [0.3, 0.4) is 0 Å². The molecule has 0 saturated carbocycles. The van der Waals surface area contributed by atoms with Gasteiger partial charge in [0.05, 0.1) is 24.1 Å². The summed E-state index contributed by atoms with van der Waals surface area (Å²) < 4.78 is 1.73. The molecule has 1 fully saturated rings. The Hall–Kier alpha value is -2.90. The highest BCUT2D eigenvalue weighted by Gasteiger charge is 2.33. The van der Waals surface area contributed by atoms with Crippen molar-refractivity contribution in [2.24, 2.45) is 0 Å². The zero-order chi connectivity index (χ0) is 20.8. The molecule has 0 unspecified atom stereocenters. The van der Waals surface area contributed by atoms with Crippen LogP contribution in [0, 0.1) is 0 Å². The summed E-state index contributed by atoms with van der Waals surface area (Å²) in [5, 5.41) is 5.17. The number of nitrogens with zero attached hydrogens (tertiary/aromatic N) is 6. The minimum absolute atomic E-state index is 0.0962. The first-order chi connectivity index (χ1) is 14.5. The molecule has 0 N–H and O–H groups in total. The van der Waals surface area contributed by atoms with Gasteiger partial charge in [0, 0.05) is 35.9 Å².